The summed E-state index contributed by atoms with van der Waals surface area (Å²) in [7, 11) is -2.35. The minimum absolute atomic E-state index is 0.0673. The lowest BCUT2D eigenvalue weighted by Gasteiger charge is -2.43. The molecule has 0 amide bonds. The minimum atomic E-state index is -1.90. The van der Waals surface area contributed by atoms with E-state index in [4.69, 9.17) is 13.6 Å². The Balaban J connectivity index is 2.95. The van der Waals surface area contributed by atoms with Crippen molar-refractivity contribution < 1.29 is 18.4 Å². The van der Waals surface area contributed by atoms with Crippen molar-refractivity contribution in [3.63, 3.8) is 0 Å². The summed E-state index contributed by atoms with van der Waals surface area (Å²) in [6, 6.07) is 0. The molecular formula is C20H43NO4Si2. The van der Waals surface area contributed by atoms with E-state index in [-0.39, 0.29) is 28.3 Å². The molecule has 27 heavy (non-hydrogen) atoms. The van der Waals surface area contributed by atoms with Gasteiger partial charge in [-0.2, -0.15) is 0 Å². The zero-order valence-corrected chi connectivity index (χ0v) is 21.6. The topological polar surface area (TPSA) is 48.0 Å². The quantitative estimate of drug-likeness (QED) is 0.446. The van der Waals surface area contributed by atoms with Gasteiger partial charge in [-0.15, -0.1) is 0 Å². The molecule has 0 aromatic rings. The van der Waals surface area contributed by atoms with Crippen molar-refractivity contribution in [3.05, 3.63) is 0 Å². The zero-order chi connectivity index (χ0) is 21.3. The fraction of sp³-hybridized carbons (Fsp3) is 0.950. The first-order valence-corrected chi connectivity index (χ1v) is 16.0. The van der Waals surface area contributed by atoms with Crippen LogP contribution in [0.5, 0.6) is 0 Å². The van der Waals surface area contributed by atoms with Crippen LogP contribution >= 0.6 is 0 Å². The summed E-state index contributed by atoms with van der Waals surface area (Å²) in [5.74, 6) is -0.161. The van der Waals surface area contributed by atoms with Gasteiger partial charge in [0.2, 0.25) is 0 Å². The van der Waals surface area contributed by atoms with Crippen LogP contribution < -0.4 is 0 Å². The van der Waals surface area contributed by atoms with E-state index in [1.54, 1.807) is 0 Å². The number of methoxy groups -OCH3 is 1. The Hall–Kier alpha value is -0.216. The Bertz CT molecular complexity index is 473. The molecule has 160 valence electrons. The highest BCUT2D eigenvalue weighted by Crippen LogP contribution is 2.41. The second-order valence-corrected chi connectivity index (χ2v) is 20.4. The number of hydrogen-bond donors (Lipinski definition) is 0. The lowest BCUT2D eigenvalue weighted by atomic mass is 10.2. The number of carbonyl (C=O) groups excluding carboxylic acids is 1. The van der Waals surface area contributed by atoms with E-state index in [2.05, 4.69) is 72.6 Å². The molecule has 1 saturated heterocycles. The maximum Gasteiger partial charge on any atom is 0.306 e. The first-order chi connectivity index (χ1) is 12.0. The summed E-state index contributed by atoms with van der Waals surface area (Å²) in [6.07, 6.45) is 0.547. The summed E-state index contributed by atoms with van der Waals surface area (Å²) >= 11 is 0. The largest absolute Gasteiger partial charge is 0.469 e. The molecule has 0 unspecified atom stereocenters. The number of esters is 1. The first kappa shape index (κ1) is 24.8. The van der Waals surface area contributed by atoms with Crippen molar-refractivity contribution in [2.45, 2.75) is 96.4 Å². The third kappa shape index (κ3) is 6.66. The first-order valence-electron chi connectivity index (χ1n) is 10.1. The molecule has 0 radical (unpaired) electrons. The van der Waals surface area contributed by atoms with Crippen molar-refractivity contribution in [2.75, 3.05) is 26.7 Å². The Morgan fingerprint density at radius 1 is 0.889 bits per heavy atom. The Labute approximate surface area is 169 Å². The van der Waals surface area contributed by atoms with Crippen LogP contribution in [0.25, 0.3) is 0 Å². The molecule has 0 saturated carbocycles. The Morgan fingerprint density at radius 2 is 1.26 bits per heavy atom. The number of carbonyl (C=O) groups is 1. The molecule has 0 spiro atoms. The lowest BCUT2D eigenvalue weighted by molar-refractivity contribution is -0.140. The van der Waals surface area contributed by atoms with Crippen LogP contribution in [-0.4, -0.2) is 66.5 Å². The number of nitrogens with zero attached hydrogens (tertiary/aromatic N) is 1. The van der Waals surface area contributed by atoms with Gasteiger partial charge in [-0.1, -0.05) is 41.5 Å². The van der Waals surface area contributed by atoms with Gasteiger partial charge in [-0.25, -0.2) is 0 Å². The monoisotopic (exact) mass is 417 g/mol. The van der Waals surface area contributed by atoms with Gasteiger partial charge in [-0.3, -0.25) is 9.69 Å². The number of rotatable bonds is 7. The normalized spacial score (nSPS) is 22.9. The van der Waals surface area contributed by atoms with Gasteiger partial charge in [-0.05, 0) is 36.3 Å². The molecular weight excluding hydrogens is 374 g/mol. The van der Waals surface area contributed by atoms with Crippen LogP contribution in [0.1, 0.15) is 48.0 Å². The van der Waals surface area contributed by atoms with Gasteiger partial charge < -0.3 is 13.6 Å². The van der Waals surface area contributed by atoms with Crippen molar-refractivity contribution >= 4 is 22.6 Å². The highest BCUT2D eigenvalue weighted by Gasteiger charge is 2.47. The van der Waals surface area contributed by atoms with Crippen molar-refractivity contribution in [3.8, 4) is 0 Å². The summed E-state index contributed by atoms with van der Waals surface area (Å²) in [5.41, 5.74) is 0. The molecule has 7 heteroatoms. The van der Waals surface area contributed by atoms with E-state index < -0.39 is 16.6 Å². The van der Waals surface area contributed by atoms with Crippen LogP contribution in [-0.2, 0) is 18.4 Å². The third-order valence-electron chi connectivity index (χ3n) is 6.66. The molecule has 0 aliphatic carbocycles. The molecule has 1 rings (SSSR count). The molecule has 2 atom stereocenters. The SMILES string of the molecule is COC(=O)CCN1C[C@H](O[Si](C)(C)C(C)(C)C)[C@@H](O[Si](C)(C)C(C)(C)C)C1. The van der Waals surface area contributed by atoms with Gasteiger partial charge in [0.25, 0.3) is 0 Å². The lowest BCUT2D eigenvalue weighted by Crippen LogP contribution is -2.51. The van der Waals surface area contributed by atoms with E-state index in [1.807, 2.05) is 0 Å². The minimum Gasteiger partial charge on any atom is -0.469 e. The molecule has 0 aromatic heterocycles. The fourth-order valence-electron chi connectivity index (χ4n) is 2.69. The molecule has 1 aliphatic rings. The van der Waals surface area contributed by atoms with Crippen LogP contribution in [0, 0.1) is 0 Å². The van der Waals surface area contributed by atoms with Gasteiger partial charge in [0.15, 0.2) is 16.6 Å². The molecule has 1 fully saturated rings. The summed E-state index contributed by atoms with van der Waals surface area (Å²) < 4.78 is 18.4. The second kappa shape index (κ2) is 8.65. The summed E-state index contributed by atoms with van der Waals surface area (Å²) in [4.78, 5) is 13.9. The van der Waals surface area contributed by atoms with Gasteiger partial charge >= 0.3 is 5.97 Å². The summed E-state index contributed by atoms with van der Waals surface area (Å²) in [5, 5.41) is 0.321. The second-order valence-electron chi connectivity index (χ2n) is 10.9. The maximum atomic E-state index is 11.6. The Morgan fingerprint density at radius 3 is 1.56 bits per heavy atom. The Kier molecular flexibility index (Phi) is 7.95. The smallest absolute Gasteiger partial charge is 0.306 e. The van der Waals surface area contributed by atoms with Gasteiger partial charge in [0, 0.05) is 19.6 Å². The number of ether oxygens (including phenoxy) is 1. The van der Waals surface area contributed by atoms with E-state index in [9.17, 15) is 4.79 Å². The van der Waals surface area contributed by atoms with Crippen LogP contribution in [0.2, 0.25) is 36.3 Å². The van der Waals surface area contributed by atoms with Crippen LogP contribution in [0.4, 0.5) is 0 Å². The molecule has 0 aromatic carbocycles. The highest BCUT2D eigenvalue weighted by molar-refractivity contribution is 6.74. The average Bonchev–Trinajstić information content (AvgIpc) is 2.83. The van der Waals surface area contributed by atoms with E-state index in [0.717, 1.165) is 13.1 Å². The average molecular weight is 418 g/mol. The van der Waals surface area contributed by atoms with Crippen molar-refractivity contribution in [1.82, 2.24) is 4.90 Å². The molecule has 1 aliphatic heterocycles. The highest BCUT2D eigenvalue weighted by atomic mass is 28.4. The summed E-state index contributed by atoms with van der Waals surface area (Å²) in [6.45, 7) is 25.2. The van der Waals surface area contributed by atoms with Crippen molar-refractivity contribution in [2.24, 2.45) is 0 Å². The van der Waals surface area contributed by atoms with Crippen LogP contribution in [0.3, 0.4) is 0 Å². The van der Waals surface area contributed by atoms with Crippen LogP contribution in [0.15, 0.2) is 0 Å². The fourth-order valence-corrected chi connectivity index (χ4v) is 5.36. The predicted molar refractivity (Wildman–Crippen MR) is 117 cm³/mol. The van der Waals surface area contributed by atoms with E-state index in [1.165, 1.54) is 7.11 Å². The number of hydrogen-bond acceptors (Lipinski definition) is 5. The maximum absolute atomic E-state index is 11.6. The van der Waals surface area contributed by atoms with E-state index >= 15 is 0 Å². The van der Waals surface area contributed by atoms with Gasteiger partial charge in [0.05, 0.1) is 25.7 Å². The van der Waals surface area contributed by atoms with Gasteiger partial charge in [0.1, 0.15) is 0 Å². The predicted octanol–water partition coefficient (Wildman–Crippen LogP) is 4.65. The third-order valence-corrected chi connectivity index (χ3v) is 15.7. The van der Waals surface area contributed by atoms with Crippen molar-refractivity contribution in [1.29, 1.82) is 0 Å². The molecule has 0 bridgehead atoms. The molecule has 0 N–H and O–H groups in total. The molecule has 1 heterocycles. The van der Waals surface area contributed by atoms with E-state index in [0.29, 0.717) is 13.0 Å². The standard InChI is InChI=1S/C20H43NO4Si2/c1-19(2,3)26(8,9)24-16-14-21(13-12-18(22)23-7)15-17(16)25-27(10,11)20(4,5)6/h16-17H,12-15H2,1-11H3/t16-,17-/m0/s1. The molecule has 5 nitrogen and oxygen atoms in total. The zero-order valence-electron chi connectivity index (χ0n) is 19.6. The number of likely N-dealkylation sites (tertiary alicyclic amines) is 1.